The normalized spacial score (nSPS) is 8.71. The summed E-state index contributed by atoms with van der Waals surface area (Å²) in [5, 5.41) is 8.61. The molecule has 0 radical (unpaired) electrons. The number of rotatable bonds is 1. The molecule has 0 amide bonds. The number of hydrogen-bond donors (Lipinski definition) is 1. The summed E-state index contributed by atoms with van der Waals surface area (Å²) in [7, 11) is 0. The summed E-state index contributed by atoms with van der Waals surface area (Å²) in [5.41, 5.74) is 0. The van der Waals surface area contributed by atoms with Gasteiger partial charge in [-0.3, -0.25) is 4.94 Å². The van der Waals surface area contributed by atoms with Crippen molar-refractivity contribution in [2.75, 3.05) is 0 Å². The maximum absolute atomic E-state index is 10.9. The summed E-state index contributed by atoms with van der Waals surface area (Å²) in [6.45, 7) is 0. The van der Waals surface area contributed by atoms with Crippen LogP contribution in [0.15, 0.2) is 6.20 Å². The quantitative estimate of drug-likeness (QED) is 0.547. The van der Waals surface area contributed by atoms with Crippen molar-refractivity contribution >= 4 is 0 Å². The molecule has 0 aliphatic carbocycles. The molecule has 0 saturated heterocycles. The largest absolute Gasteiger partial charge is 0.300 e. The second kappa shape index (κ2) is 1.55. The fraction of sp³-hybridized carbons (Fsp3) is 0. The van der Waals surface area contributed by atoms with Gasteiger partial charge in [0.15, 0.2) is 0 Å². The van der Waals surface area contributed by atoms with Gasteiger partial charge in [-0.2, -0.15) is 10.3 Å². The molecular formula is C2H2FN3O. The number of aromatic amines is 1. The SMILES string of the molecule is FOc1cn[nH]n1. The highest BCUT2D eigenvalue weighted by molar-refractivity contribution is 4.95. The van der Waals surface area contributed by atoms with E-state index in [1.54, 1.807) is 0 Å². The van der Waals surface area contributed by atoms with E-state index in [2.05, 4.69) is 20.4 Å². The van der Waals surface area contributed by atoms with E-state index in [1.165, 1.54) is 0 Å². The van der Waals surface area contributed by atoms with Crippen LogP contribution in [0.1, 0.15) is 0 Å². The van der Waals surface area contributed by atoms with Gasteiger partial charge in [-0.05, 0) is 0 Å². The Kier molecular flexibility index (Phi) is 0.892. The van der Waals surface area contributed by atoms with Crippen LogP contribution in [0.3, 0.4) is 0 Å². The van der Waals surface area contributed by atoms with E-state index in [-0.39, 0.29) is 5.88 Å². The van der Waals surface area contributed by atoms with Crippen LogP contribution in [0.4, 0.5) is 4.53 Å². The van der Waals surface area contributed by atoms with Crippen LogP contribution in [-0.2, 0) is 0 Å². The van der Waals surface area contributed by atoms with E-state index in [9.17, 15) is 4.53 Å². The first kappa shape index (κ1) is 4.04. The van der Waals surface area contributed by atoms with Crippen molar-refractivity contribution in [3.63, 3.8) is 0 Å². The van der Waals surface area contributed by atoms with Crippen molar-refractivity contribution in [1.29, 1.82) is 0 Å². The van der Waals surface area contributed by atoms with Gasteiger partial charge in [0.1, 0.15) is 6.20 Å². The molecule has 1 N–H and O–H groups in total. The molecule has 5 heteroatoms. The van der Waals surface area contributed by atoms with Gasteiger partial charge in [0.05, 0.1) is 0 Å². The molecule has 0 atom stereocenters. The van der Waals surface area contributed by atoms with Crippen LogP contribution < -0.4 is 4.94 Å². The van der Waals surface area contributed by atoms with Gasteiger partial charge in [0.25, 0.3) is 0 Å². The highest BCUT2D eigenvalue weighted by Gasteiger charge is 1.90. The zero-order valence-electron chi connectivity index (χ0n) is 3.26. The molecule has 1 rings (SSSR count). The molecular weight excluding hydrogens is 101 g/mol. The van der Waals surface area contributed by atoms with E-state index in [0.29, 0.717) is 0 Å². The Bertz CT molecular complexity index is 127. The molecule has 7 heavy (non-hydrogen) atoms. The fourth-order valence-electron chi connectivity index (χ4n) is 0.228. The third-order valence-electron chi connectivity index (χ3n) is 0.472. The lowest BCUT2D eigenvalue weighted by Gasteiger charge is -1.74. The standard InChI is InChI=1S/C2H2FN3O/c3-7-2-1-4-6-5-2/h1H,(H,4,5,6). The summed E-state index contributed by atoms with van der Waals surface area (Å²) < 4.78 is 10.9. The number of H-pyrrole nitrogens is 1. The molecule has 0 fully saturated rings. The number of nitrogens with one attached hydrogen (secondary N) is 1. The summed E-state index contributed by atoms with van der Waals surface area (Å²) in [6.07, 6.45) is 1.12. The van der Waals surface area contributed by atoms with E-state index < -0.39 is 0 Å². The van der Waals surface area contributed by atoms with Crippen molar-refractivity contribution in [3.8, 4) is 5.88 Å². The third-order valence-corrected chi connectivity index (χ3v) is 0.472. The maximum atomic E-state index is 10.9. The topological polar surface area (TPSA) is 50.8 Å². The number of hydrogen-bond acceptors (Lipinski definition) is 3. The Morgan fingerprint density at radius 1 is 1.86 bits per heavy atom. The molecule has 38 valence electrons. The summed E-state index contributed by atoms with van der Waals surface area (Å²) >= 11 is 0. The molecule has 0 saturated carbocycles. The Morgan fingerprint density at radius 3 is 3.00 bits per heavy atom. The Labute approximate surface area is 38.2 Å². The molecule has 0 aromatic carbocycles. The maximum Gasteiger partial charge on any atom is 0.300 e. The molecule has 1 heterocycles. The van der Waals surface area contributed by atoms with E-state index in [1.807, 2.05) is 0 Å². The van der Waals surface area contributed by atoms with Gasteiger partial charge in [-0.1, -0.05) is 0 Å². The molecule has 0 aliphatic rings. The highest BCUT2D eigenvalue weighted by atomic mass is 19.3. The third kappa shape index (κ3) is 0.648. The van der Waals surface area contributed by atoms with Gasteiger partial charge in [-0.15, -0.1) is 5.10 Å². The zero-order valence-corrected chi connectivity index (χ0v) is 3.26. The van der Waals surface area contributed by atoms with Crippen LogP contribution >= 0.6 is 0 Å². The number of nitrogens with zero attached hydrogens (tertiary/aromatic N) is 2. The number of halogens is 1. The van der Waals surface area contributed by atoms with Crippen LogP contribution in [-0.4, -0.2) is 15.4 Å². The van der Waals surface area contributed by atoms with E-state index in [0.717, 1.165) is 6.20 Å². The summed E-state index contributed by atoms with van der Waals surface area (Å²) in [4.78, 5) is 3.15. The predicted octanol–water partition coefficient (Wildman–Crippen LogP) is 0.0680. The Balaban J connectivity index is 2.76. The van der Waals surface area contributed by atoms with Crippen molar-refractivity contribution in [1.82, 2.24) is 15.4 Å². The lowest BCUT2D eigenvalue weighted by Crippen LogP contribution is -1.73. The number of aromatic nitrogens is 3. The minimum absolute atomic E-state index is 0.153. The first-order valence-corrected chi connectivity index (χ1v) is 1.58. The smallest absolute Gasteiger partial charge is 0.270 e. The second-order valence-corrected chi connectivity index (χ2v) is 0.885. The first-order chi connectivity index (χ1) is 3.43. The molecule has 1 aromatic heterocycles. The molecule has 4 nitrogen and oxygen atoms in total. The van der Waals surface area contributed by atoms with Crippen molar-refractivity contribution in [2.24, 2.45) is 0 Å². The zero-order chi connectivity index (χ0) is 5.11. The molecule has 0 unspecified atom stereocenters. The molecule has 0 spiro atoms. The monoisotopic (exact) mass is 103 g/mol. The van der Waals surface area contributed by atoms with Crippen molar-refractivity contribution in [3.05, 3.63) is 6.20 Å². The van der Waals surface area contributed by atoms with E-state index >= 15 is 0 Å². The van der Waals surface area contributed by atoms with Gasteiger partial charge in [0, 0.05) is 4.53 Å². The van der Waals surface area contributed by atoms with Crippen LogP contribution in [0.25, 0.3) is 0 Å². The average Bonchev–Trinajstić information content (AvgIpc) is 2.14. The summed E-state index contributed by atoms with van der Waals surface area (Å²) in [5.74, 6) is -0.153. The van der Waals surface area contributed by atoms with Gasteiger partial charge < -0.3 is 0 Å². The molecule has 0 aliphatic heterocycles. The fourth-order valence-corrected chi connectivity index (χ4v) is 0.228. The van der Waals surface area contributed by atoms with Crippen LogP contribution in [0.2, 0.25) is 0 Å². The average molecular weight is 103 g/mol. The highest BCUT2D eigenvalue weighted by Crippen LogP contribution is 1.97. The Hall–Kier alpha value is -1.13. The molecule has 0 bridgehead atoms. The predicted molar refractivity (Wildman–Crippen MR) is 18.1 cm³/mol. The Morgan fingerprint density at radius 2 is 2.71 bits per heavy atom. The summed E-state index contributed by atoms with van der Waals surface area (Å²) in [6, 6.07) is 0. The van der Waals surface area contributed by atoms with Gasteiger partial charge in [0.2, 0.25) is 0 Å². The van der Waals surface area contributed by atoms with Gasteiger partial charge >= 0.3 is 5.88 Å². The van der Waals surface area contributed by atoms with Crippen LogP contribution in [0, 0.1) is 0 Å². The van der Waals surface area contributed by atoms with Crippen LogP contribution in [0.5, 0.6) is 5.88 Å². The molecule has 1 aromatic rings. The lowest BCUT2D eigenvalue weighted by atomic mass is 10.9. The van der Waals surface area contributed by atoms with Gasteiger partial charge in [-0.25, -0.2) is 0 Å². The van der Waals surface area contributed by atoms with Crippen molar-refractivity contribution in [2.45, 2.75) is 0 Å². The second-order valence-electron chi connectivity index (χ2n) is 0.885. The first-order valence-electron chi connectivity index (χ1n) is 1.58. The minimum Gasteiger partial charge on any atom is -0.270 e. The lowest BCUT2D eigenvalue weighted by molar-refractivity contribution is -0.0119. The van der Waals surface area contributed by atoms with Crippen molar-refractivity contribution < 1.29 is 9.47 Å². The van der Waals surface area contributed by atoms with E-state index in [4.69, 9.17) is 0 Å². The minimum atomic E-state index is -0.153.